The Balaban J connectivity index is 2.47. The molecule has 1 rings (SSSR count). The minimum absolute atomic E-state index is 0.217. The van der Waals surface area contributed by atoms with Crippen molar-refractivity contribution in [1.29, 1.82) is 0 Å². The summed E-state index contributed by atoms with van der Waals surface area (Å²) in [7, 11) is 1.48. The van der Waals surface area contributed by atoms with Gasteiger partial charge in [0, 0.05) is 7.11 Å². The van der Waals surface area contributed by atoms with E-state index < -0.39 is 6.10 Å². The number of methoxy groups -OCH3 is 1. The van der Waals surface area contributed by atoms with Crippen molar-refractivity contribution in [3.63, 3.8) is 0 Å². The maximum absolute atomic E-state index is 11.1. The van der Waals surface area contributed by atoms with Gasteiger partial charge in [-0.2, -0.15) is 0 Å². The van der Waals surface area contributed by atoms with Crippen LogP contribution in [0.2, 0.25) is 0 Å². The molecular weight excluding hydrogens is 178 g/mol. The van der Waals surface area contributed by atoms with Crippen molar-refractivity contribution < 1.29 is 9.53 Å². The molecule has 0 saturated heterocycles. The van der Waals surface area contributed by atoms with Gasteiger partial charge in [0.15, 0.2) is 5.82 Å². The van der Waals surface area contributed by atoms with Crippen molar-refractivity contribution in [2.45, 2.75) is 13.0 Å². The fourth-order valence-corrected chi connectivity index (χ4v) is 0.942. The van der Waals surface area contributed by atoms with Crippen LogP contribution in [0.4, 0.5) is 5.82 Å². The summed E-state index contributed by atoms with van der Waals surface area (Å²) in [6.45, 7) is 1.66. The van der Waals surface area contributed by atoms with E-state index in [0.29, 0.717) is 5.82 Å². The van der Waals surface area contributed by atoms with Gasteiger partial charge in [-0.1, -0.05) is 4.49 Å². The predicted molar refractivity (Wildman–Crippen MR) is 45.0 cm³/mol. The first-order chi connectivity index (χ1) is 5.74. The smallest absolute Gasteiger partial charge is 0.254 e. The van der Waals surface area contributed by atoms with Crippen LogP contribution in [-0.4, -0.2) is 28.7 Å². The lowest BCUT2D eigenvalue weighted by atomic mass is 10.4. The lowest BCUT2D eigenvalue weighted by Gasteiger charge is -2.07. The molecule has 0 saturated carbocycles. The SMILES string of the molecule is COC(C)C(=O)Nc1csnn1. The summed E-state index contributed by atoms with van der Waals surface area (Å²) in [6, 6.07) is 0. The first-order valence-electron chi connectivity index (χ1n) is 3.34. The Hall–Kier alpha value is -1.01. The third-order valence-electron chi connectivity index (χ3n) is 1.33. The van der Waals surface area contributed by atoms with Crippen LogP contribution in [0, 0.1) is 0 Å². The second kappa shape index (κ2) is 4.13. The van der Waals surface area contributed by atoms with Gasteiger partial charge in [0.2, 0.25) is 0 Å². The Kier molecular flexibility index (Phi) is 3.12. The molecule has 1 aromatic heterocycles. The molecule has 6 heteroatoms. The minimum Gasteiger partial charge on any atom is -0.372 e. The van der Waals surface area contributed by atoms with Gasteiger partial charge >= 0.3 is 0 Å². The summed E-state index contributed by atoms with van der Waals surface area (Å²) in [4.78, 5) is 11.1. The van der Waals surface area contributed by atoms with Gasteiger partial charge in [0.05, 0.1) is 5.38 Å². The molecule has 0 radical (unpaired) electrons. The lowest BCUT2D eigenvalue weighted by molar-refractivity contribution is -0.124. The number of carbonyl (C=O) groups excluding carboxylic acids is 1. The molecule has 1 N–H and O–H groups in total. The molecule has 0 fully saturated rings. The first kappa shape index (κ1) is 9.08. The molecule has 0 bridgehead atoms. The molecule has 1 amide bonds. The molecule has 1 heterocycles. The summed E-state index contributed by atoms with van der Waals surface area (Å²) in [5, 5.41) is 7.85. The van der Waals surface area contributed by atoms with Crippen LogP contribution in [0.25, 0.3) is 0 Å². The van der Waals surface area contributed by atoms with E-state index in [1.807, 2.05) is 0 Å². The van der Waals surface area contributed by atoms with E-state index in [0.717, 1.165) is 0 Å². The van der Waals surface area contributed by atoms with Gasteiger partial charge in [-0.05, 0) is 18.5 Å². The summed E-state index contributed by atoms with van der Waals surface area (Å²) in [5.41, 5.74) is 0. The maximum atomic E-state index is 11.1. The minimum atomic E-state index is -0.466. The van der Waals surface area contributed by atoms with E-state index in [2.05, 4.69) is 14.9 Å². The zero-order valence-electron chi connectivity index (χ0n) is 6.77. The number of anilines is 1. The number of aromatic nitrogens is 2. The van der Waals surface area contributed by atoms with Gasteiger partial charge in [-0.25, -0.2) is 0 Å². The molecule has 1 unspecified atom stereocenters. The van der Waals surface area contributed by atoms with Crippen molar-refractivity contribution in [2.75, 3.05) is 12.4 Å². The van der Waals surface area contributed by atoms with Crippen LogP contribution in [0.1, 0.15) is 6.92 Å². The highest BCUT2D eigenvalue weighted by Crippen LogP contribution is 2.04. The number of hydrogen-bond acceptors (Lipinski definition) is 5. The number of rotatable bonds is 3. The van der Waals surface area contributed by atoms with E-state index in [9.17, 15) is 4.79 Å². The van der Waals surface area contributed by atoms with Crippen molar-refractivity contribution >= 4 is 23.3 Å². The normalized spacial score (nSPS) is 12.5. The van der Waals surface area contributed by atoms with Crippen LogP contribution < -0.4 is 5.32 Å². The summed E-state index contributed by atoms with van der Waals surface area (Å²) >= 11 is 1.18. The highest BCUT2D eigenvalue weighted by Gasteiger charge is 2.12. The monoisotopic (exact) mass is 187 g/mol. The van der Waals surface area contributed by atoms with Crippen molar-refractivity contribution in [1.82, 2.24) is 9.59 Å². The molecule has 0 aliphatic rings. The van der Waals surface area contributed by atoms with Crippen molar-refractivity contribution in [3.8, 4) is 0 Å². The third-order valence-corrected chi connectivity index (χ3v) is 1.84. The topological polar surface area (TPSA) is 64.1 Å². The van der Waals surface area contributed by atoms with E-state index >= 15 is 0 Å². The Labute approximate surface area is 73.9 Å². The molecule has 0 aromatic carbocycles. The number of nitrogens with zero attached hydrogens (tertiary/aromatic N) is 2. The second-order valence-corrected chi connectivity index (χ2v) is 2.77. The molecule has 0 aliphatic heterocycles. The van der Waals surface area contributed by atoms with Crippen LogP contribution in [0.5, 0.6) is 0 Å². The molecule has 66 valence electrons. The van der Waals surface area contributed by atoms with Crippen LogP contribution in [0.15, 0.2) is 5.38 Å². The highest BCUT2D eigenvalue weighted by atomic mass is 32.1. The fraction of sp³-hybridized carbons (Fsp3) is 0.500. The second-order valence-electron chi connectivity index (χ2n) is 2.16. The molecule has 0 spiro atoms. The average molecular weight is 187 g/mol. The number of carbonyl (C=O) groups is 1. The molecule has 0 aliphatic carbocycles. The number of hydrogen-bond donors (Lipinski definition) is 1. The molecular formula is C6H9N3O2S. The van der Waals surface area contributed by atoms with Gasteiger partial charge < -0.3 is 10.1 Å². The largest absolute Gasteiger partial charge is 0.372 e. The van der Waals surface area contributed by atoms with Crippen molar-refractivity contribution in [3.05, 3.63) is 5.38 Å². The maximum Gasteiger partial charge on any atom is 0.254 e. The predicted octanol–water partition coefficient (Wildman–Crippen LogP) is 0.512. The lowest BCUT2D eigenvalue weighted by Crippen LogP contribution is -2.26. The fourth-order valence-electron chi connectivity index (χ4n) is 0.554. The number of amides is 1. The van der Waals surface area contributed by atoms with Gasteiger partial charge in [-0.15, -0.1) is 5.10 Å². The van der Waals surface area contributed by atoms with Crippen LogP contribution >= 0.6 is 11.5 Å². The zero-order chi connectivity index (χ0) is 8.97. The van der Waals surface area contributed by atoms with Gasteiger partial charge in [0.1, 0.15) is 6.10 Å². The Morgan fingerprint density at radius 3 is 3.08 bits per heavy atom. The quantitative estimate of drug-likeness (QED) is 0.748. The Bertz CT molecular complexity index is 249. The summed E-state index contributed by atoms with van der Waals surface area (Å²) in [5.74, 6) is 0.249. The summed E-state index contributed by atoms with van der Waals surface area (Å²) in [6.07, 6.45) is -0.466. The number of ether oxygens (including phenoxy) is 1. The molecule has 5 nitrogen and oxygen atoms in total. The number of nitrogens with one attached hydrogen (secondary N) is 1. The Morgan fingerprint density at radius 1 is 1.83 bits per heavy atom. The average Bonchev–Trinajstić information content (AvgIpc) is 2.55. The van der Waals surface area contributed by atoms with Crippen LogP contribution in [0.3, 0.4) is 0 Å². The van der Waals surface area contributed by atoms with E-state index in [1.165, 1.54) is 18.6 Å². The van der Waals surface area contributed by atoms with E-state index in [-0.39, 0.29) is 5.91 Å². The molecule has 12 heavy (non-hydrogen) atoms. The van der Waals surface area contributed by atoms with Gasteiger partial charge in [0.25, 0.3) is 5.91 Å². The van der Waals surface area contributed by atoms with Crippen LogP contribution in [-0.2, 0) is 9.53 Å². The van der Waals surface area contributed by atoms with E-state index in [4.69, 9.17) is 4.74 Å². The van der Waals surface area contributed by atoms with Crippen molar-refractivity contribution in [2.24, 2.45) is 0 Å². The zero-order valence-corrected chi connectivity index (χ0v) is 7.59. The molecule has 1 atom stereocenters. The van der Waals surface area contributed by atoms with E-state index in [1.54, 1.807) is 12.3 Å². The molecule has 1 aromatic rings. The first-order valence-corrected chi connectivity index (χ1v) is 4.18. The standard InChI is InChI=1S/C6H9N3O2S/c1-4(11-2)6(10)7-5-3-12-9-8-5/h3-4H,1-2H3,(H,7,10). The van der Waals surface area contributed by atoms with Gasteiger partial charge in [-0.3, -0.25) is 4.79 Å². The summed E-state index contributed by atoms with van der Waals surface area (Å²) < 4.78 is 8.40. The Morgan fingerprint density at radius 2 is 2.58 bits per heavy atom. The highest BCUT2D eigenvalue weighted by molar-refractivity contribution is 7.03. The third kappa shape index (κ3) is 2.24.